The largest absolute Gasteiger partial charge is 0.349 e. The summed E-state index contributed by atoms with van der Waals surface area (Å²) in [4.78, 5) is 37.4. The van der Waals surface area contributed by atoms with Crippen LogP contribution in [-0.2, 0) is 0 Å². The van der Waals surface area contributed by atoms with Crippen LogP contribution in [0.3, 0.4) is 0 Å². The molecule has 0 aliphatic carbocycles. The Kier molecular flexibility index (Phi) is 5.28. The molecule has 0 unspecified atom stereocenters. The number of H-pyrrole nitrogens is 1. The molecule has 0 radical (unpaired) electrons. The number of hydrogen-bond acceptors (Lipinski definition) is 4. The summed E-state index contributed by atoms with van der Waals surface area (Å²) in [5.41, 5.74) is 0.471. The zero-order chi connectivity index (χ0) is 17.8. The fourth-order valence-electron chi connectivity index (χ4n) is 2.76. The Morgan fingerprint density at radius 3 is 2.52 bits per heavy atom. The van der Waals surface area contributed by atoms with Gasteiger partial charge in [0.15, 0.2) is 0 Å². The lowest BCUT2D eigenvalue weighted by molar-refractivity contribution is 0.0691. The molecule has 2 N–H and O–H groups in total. The van der Waals surface area contributed by atoms with E-state index in [4.69, 9.17) is 0 Å². The minimum absolute atomic E-state index is 0.0206. The van der Waals surface area contributed by atoms with Crippen molar-refractivity contribution >= 4 is 27.7 Å². The van der Waals surface area contributed by atoms with Gasteiger partial charge in [0.05, 0.1) is 5.56 Å². The predicted octanol–water partition coefficient (Wildman–Crippen LogP) is 1.57. The summed E-state index contributed by atoms with van der Waals surface area (Å²) >= 11 is 3.38. The van der Waals surface area contributed by atoms with Crippen LogP contribution < -0.4 is 10.9 Å². The first-order valence-electron chi connectivity index (χ1n) is 7.95. The molecule has 0 bridgehead atoms. The number of carbonyl (C=O) groups excluding carboxylic acids is 2. The lowest BCUT2D eigenvalue weighted by atomic mass is 10.0. The molecule has 3 rings (SSSR count). The van der Waals surface area contributed by atoms with Crippen molar-refractivity contribution in [1.29, 1.82) is 0 Å². The van der Waals surface area contributed by atoms with E-state index >= 15 is 0 Å². The maximum absolute atomic E-state index is 12.4. The van der Waals surface area contributed by atoms with Crippen molar-refractivity contribution in [2.75, 3.05) is 13.1 Å². The highest BCUT2D eigenvalue weighted by atomic mass is 79.9. The Bertz CT molecular complexity index is 823. The first-order chi connectivity index (χ1) is 12.0. The van der Waals surface area contributed by atoms with Gasteiger partial charge in [-0.2, -0.15) is 5.10 Å². The molecular weight excluding hydrogens is 388 g/mol. The maximum atomic E-state index is 12.4. The maximum Gasteiger partial charge on any atom is 0.274 e. The normalized spacial score (nSPS) is 15.0. The highest BCUT2D eigenvalue weighted by Gasteiger charge is 2.25. The molecule has 1 aliphatic heterocycles. The fraction of sp³-hybridized carbons (Fsp3) is 0.294. The smallest absolute Gasteiger partial charge is 0.274 e. The van der Waals surface area contributed by atoms with Crippen LogP contribution in [0.1, 0.15) is 33.7 Å². The predicted molar refractivity (Wildman–Crippen MR) is 95.4 cm³/mol. The van der Waals surface area contributed by atoms with Crippen molar-refractivity contribution in [3.63, 3.8) is 0 Å². The zero-order valence-corrected chi connectivity index (χ0v) is 15.0. The highest BCUT2D eigenvalue weighted by Crippen LogP contribution is 2.17. The Balaban J connectivity index is 1.56. The highest BCUT2D eigenvalue weighted by molar-refractivity contribution is 9.10. The second kappa shape index (κ2) is 7.60. The first-order valence-corrected chi connectivity index (χ1v) is 8.74. The van der Waals surface area contributed by atoms with Gasteiger partial charge in [-0.05, 0) is 47.0 Å². The van der Waals surface area contributed by atoms with Gasteiger partial charge in [-0.3, -0.25) is 14.4 Å². The second-order valence-corrected chi connectivity index (χ2v) is 6.68. The number of hydrogen-bond donors (Lipinski definition) is 2. The van der Waals surface area contributed by atoms with Crippen molar-refractivity contribution in [3.8, 4) is 0 Å². The van der Waals surface area contributed by atoms with Gasteiger partial charge in [0.25, 0.3) is 17.4 Å². The van der Waals surface area contributed by atoms with Crippen molar-refractivity contribution in [2.45, 2.75) is 18.9 Å². The Hall–Kier alpha value is -2.48. The molecule has 0 saturated carbocycles. The van der Waals surface area contributed by atoms with E-state index in [0.29, 0.717) is 31.5 Å². The van der Waals surface area contributed by atoms with Gasteiger partial charge >= 0.3 is 0 Å². The van der Waals surface area contributed by atoms with E-state index in [1.165, 1.54) is 12.1 Å². The zero-order valence-electron chi connectivity index (χ0n) is 13.4. The van der Waals surface area contributed by atoms with E-state index in [0.717, 1.165) is 4.47 Å². The molecule has 25 heavy (non-hydrogen) atoms. The standard InChI is InChI=1S/C17H17BrN4O3/c18-13-4-2-1-3-12(13)16(24)19-11-7-9-22(10-8-11)17(25)14-5-6-15(23)21-20-14/h1-6,11H,7-10H2,(H,19,24)(H,21,23). The van der Waals surface area contributed by atoms with Crippen molar-refractivity contribution < 1.29 is 9.59 Å². The van der Waals surface area contributed by atoms with Crippen molar-refractivity contribution in [3.05, 3.63) is 62.5 Å². The summed E-state index contributed by atoms with van der Waals surface area (Å²) in [5.74, 6) is -0.341. The Labute approximate surface area is 152 Å². The number of piperidine rings is 1. The van der Waals surface area contributed by atoms with E-state index in [9.17, 15) is 14.4 Å². The first kappa shape index (κ1) is 17.3. The lowest BCUT2D eigenvalue weighted by Crippen LogP contribution is -2.46. The van der Waals surface area contributed by atoms with Crippen LogP contribution in [0.5, 0.6) is 0 Å². The molecule has 2 aromatic rings. The fourth-order valence-corrected chi connectivity index (χ4v) is 3.23. The van der Waals surface area contributed by atoms with E-state index in [1.54, 1.807) is 11.0 Å². The van der Waals surface area contributed by atoms with Gasteiger partial charge in [-0.25, -0.2) is 5.10 Å². The van der Waals surface area contributed by atoms with Gasteiger partial charge < -0.3 is 10.2 Å². The molecule has 1 fully saturated rings. The molecule has 1 aliphatic rings. The molecule has 1 aromatic carbocycles. The number of carbonyl (C=O) groups is 2. The Morgan fingerprint density at radius 2 is 1.88 bits per heavy atom. The van der Waals surface area contributed by atoms with Crippen LogP contribution >= 0.6 is 15.9 Å². The van der Waals surface area contributed by atoms with Crippen LogP contribution in [-0.4, -0.2) is 46.0 Å². The monoisotopic (exact) mass is 404 g/mol. The number of nitrogens with zero attached hydrogens (tertiary/aromatic N) is 2. The summed E-state index contributed by atoms with van der Waals surface area (Å²) in [7, 11) is 0. The second-order valence-electron chi connectivity index (χ2n) is 5.83. The number of amides is 2. The van der Waals surface area contributed by atoms with E-state index in [1.807, 2.05) is 18.2 Å². The summed E-state index contributed by atoms with van der Waals surface area (Å²) in [5, 5.41) is 9.04. The van der Waals surface area contributed by atoms with Gasteiger partial charge in [0.2, 0.25) is 0 Å². The molecule has 8 heteroatoms. The van der Waals surface area contributed by atoms with Crippen LogP contribution in [0.15, 0.2) is 45.7 Å². The van der Waals surface area contributed by atoms with Gasteiger partial charge in [0.1, 0.15) is 5.69 Å². The molecule has 1 aromatic heterocycles. The average molecular weight is 405 g/mol. The van der Waals surface area contributed by atoms with E-state index < -0.39 is 0 Å². The van der Waals surface area contributed by atoms with Crippen LogP contribution in [0, 0.1) is 0 Å². The molecule has 1 saturated heterocycles. The summed E-state index contributed by atoms with van der Waals surface area (Å²) in [6.45, 7) is 1.06. The third kappa shape index (κ3) is 4.14. The Morgan fingerprint density at radius 1 is 1.16 bits per heavy atom. The molecule has 7 nitrogen and oxygen atoms in total. The summed E-state index contributed by atoms with van der Waals surface area (Å²) in [6, 6.07) is 9.99. The number of nitrogens with one attached hydrogen (secondary N) is 2. The number of halogens is 1. The van der Waals surface area contributed by atoms with Gasteiger partial charge in [0, 0.05) is 29.7 Å². The van der Waals surface area contributed by atoms with Crippen LogP contribution in [0.25, 0.3) is 0 Å². The molecule has 130 valence electrons. The molecule has 2 amide bonds. The van der Waals surface area contributed by atoms with Crippen LogP contribution in [0.4, 0.5) is 0 Å². The van der Waals surface area contributed by atoms with Crippen LogP contribution in [0.2, 0.25) is 0 Å². The van der Waals surface area contributed by atoms with Crippen molar-refractivity contribution in [2.24, 2.45) is 0 Å². The van der Waals surface area contributed by atoms with E-state index in [2.05, 4.69) is 31.4 Å². The number of aromatic amines is 1. The summed E-state index contributed by atoms with van der Waals surface area (Å²) in [6.07, 6.45) is 1.34. The SMILES string of the molecule is O=C(NC1CCN(C(=O)c2ccc(=O)[nH]n2)CC1)c1ccccc1Br. The molecule has 0 atom stereocenters. The molecule has 2 heterocycles. The minimum atomic E-state index is -0.343. The lowest BCUT2D eigenvalue weighted by Gasteiger charge is -2.32. The summed E-state index contributed by atoms with van der Waals surface area (Å²) < 4.78 is 0.754. The number of aromatic nitrogens is 2. The molecule has 0 spiro atoms. The van der Waals surface area contributed by atoms with Crippen molar-refractivity contribution in [1.82, 2.24) is 20.4 Å². The third-order valence-electron chi connectivity index (χ3n) is 4.13. The number of rotatable bonds is 3. The molecular formula is C17H17BrN4O3. The van der Waals surface area contributed by atoms with E-state index in [-0.39, 0.29) is 29.1 Å². The quantitative estimate of drug-likeness (QED) is 0.811. The average Bonchev–Trinajstić information content (AvgIpc) is 2.63. The van der Waals surface area contributed by atoms with Gasteiger partial charge in [-0.1, -0.05) is 12.1 Å². The minimum Gasteiger partial charge on any atom is -0.349 e. The topological polar surface area (TPSA) is 95.2 Å². The number of likely N-dealkylation sites (tertiary alicyclic amines) is 1. The third-order valence-corrected chi connectivity index (χ3v) is 4.83. The van der Waals surface area contributed by atoms with Gasteiger partial charge in [-0.15, -0.1) is 0 Å². The number of benzene rings is 1.